The maximum absolute atomic E-state index is 11.2. The molecule has 2 N–H and O–H groups in total. The van der Waals surface area contributed by atoms with Crippen LogP contribution in [-0.4, -0.2) is 37.2 Å². The van der Waals surface area contributed by atoms with E-state index in [1.165, 1.54) is 11.3 Å². The number of piperidine rings is 1. The molecule has 0 bridgehead atoms. The molecule has 9 heteroatoms. The number of hydrogen-bond acceptors (Lipinski definition) is 7. The number of amides is 1. The number of rotatable bonds is 4. The summed E-state index contributed by atoms with van der Waals surface area (Å²) >= 11 is 1.50. The molecule has 4 rings (SSSR count). The van der Waals surface area contributed by atoms with E-state index in [2.05, 4.69) is 30.7 Å². The Balaban J connectivity index is 1.48. The highest BCUT2D eigenvalue weighted by Gasteiger charge is 2.20. The molecule has 1 unspecified atom stereocenters. The lowest BCUT2D eigenvalue weighted by molar-refractivity contribution is -0.122. The Hall–Kier alpha value is -2.81. The zero-order valence-electron chi connectivity index (χ0n) is 12.7. The topological polar surface area (TPSA) is 97.6 Å². The van der Waals surface area contributed by atoms with Gasteiger partial charge in [0.15, 0.2) is 10.8 Å². The molecule has 0 spiro atoms. The fourth-order valence-corrected chi connectivity index (χ4v) is 3.14. The Morgan fingerprint density at radius 3 is 3.08 bits per heavy atom. The Kier molecular flexibility index (Phi) is 3.91. The minimum absolute atomic E-state index is 0.104. The van der Waals surface area contributed by atoms with Crippen molar-refractivity contribution in [2.45, 2.75) is 18.9 Å². The number of hydrogen-bond donors (Lipinski definition) is 2. The third-order valence-electron chi connectivity index (χ3n) is 3.77. The van der Waals surface area contributed by atoms with Gasteiger partial charge < -0.3 is 10.6 Å². The molecule has 0 aliphatic carbocycles. The molecule has 1 saturated heterocycles. The highest BCUT2D eigenvalue weighted by molar-refractivity contribution is 7.13. The molecule has 1 aliphatic rings. The summed E-state index contributed by atoms with van der Waals surface area (Å²) in [5, 5.41) is 13.2. The van der Waals surface area contributed by atoms with E-state index in [9.17, 15) is 4.79 Å². The SMILES string of the molecule is O=C1CCC(n2cc(Nc3ccnc(-c4nccs4)n3)cn2)CN1. The van der Waals surface area contributed by atoms with Crippen molar-refractivity contribution >= 4 is 28.7 Å². The van der Waals surface area contributed by atoms with Crippen LogP contribution in [-0.2, 0) is 4.79 Å². The molecule has 122 valence electrons. The number of anilines is 2. The lowest BCUT2D eigenvalue weighted by atomic mass is 10.1. The average Bonchev–Trinajstić information content (AvgIpc) is 3.28. The largest absolute Gasteiger partial charge is 0.354 e. The summed E-state index contributed by atoms with van der Waals surface area (Å²) in [7, 11) is 0. The van der Waals surface area contributed by atoms with E-state index >= 15 is 0 Å². The van der Waals surface area contributed by atoms with Crippen LogP contribution >= 0.6 is 11.3 Å². The molecule has 0 saturated carbocycles. The summed E-state index contributed by atoms with van der Waals surface area (Å²) in [5.41, 5.74) is 0.843. The van der Waals surface area contributed by atoms with E-state index in [1.807, 2.05) is 16.3 Å². The number of aromatic nitrogens is 5. The minimum Gasteiger partial charge on any atom is -0.354 e. The molecule has 24 heavy (non-hydrogen) atoms. The van der Waals surface area contributed by atoms with E-state index in [1.54, 1.807) is 24.7 Å². The van der Waals surface area contributed by atoms with Gasteiger partial charge in [-0.3, -0.25) is 9.48 Å². The molecule has 0 aromatic carbocycles. The monoisotopic (exact) mass is 341 g/mol. The number of nitrogens with zero attached hydrogens (tertiary/aromatic N) is 5. The van der Waals surface area contributed by atoms with Gasteiger partial charge in [0.05, 0.1) is 17.9 Å². The van der Waals surface area contributed by atoms with Crippen molar-refractivity contribution in [3.8, 4) is 10.8 Å². The van der Waals surface area contributed by atoms with Gasteiger partial charge in [0.1, 0.15) is 5.82 Å². The molecule has 4 heterocycles. The quantitative estimate of drug-likeness (QED) is 0.753. The molecule has 0 radical (unpaired) electrons. The van der Waals surface area contributed by atoms with E-state index < -0.39 is 0 Å². The van der Waals surface area contributed by atoms with Gasteiger partial charge in [-0.15, -0.1) is 11.3 Å². The van der Waals surface area contributed by atoms with Crippen LogP contribution in [0.1, 0.15) is 18.9 Å². The van der Waals surface area contributed by atoms with Crippen LogP contribution in [0.4, 0.5) is 11.5 Å². The summed E-state index contributed by atoms with van der Waals surface area (Å²) in [4.78, 5) is 24.2. The van der Waals surface area contributed by atoms with E-state index in [0.29, 0.717) is 24.6 Å². The molecule has 3 aromatic rings. The minimum atomic E-state index is 0.104. The van der Waals surface area contributed by atoms with Crippen LogP contribution in [0, 0.1) is 0 Å². The number of nitrogens with one attached hydrogen (secondary N) is 2. The van der Waals surface area contributed by atoms with Crippen molar-refractivity contribution in [1.29, 1.82) is 0 Å². The zero-order chi connectivity index (χ0) is 16.4. The number of thiazole rings is 1. The van der Waals surface area contributed by atoms with Gasteiger partial charge in [-0.1, -0.05) is 0 Å². The molecule has 8 nitrogen and oxygen atoms in total. The third kappa shape index (κ3) is 3.11. The van der Waals surface area contributed by atoms with Crippen LogP contribution in [0.5, 0.6) is 0 Å². The van der Waals surface area contributed by atoms with Crippen molar-refractivity contribution < 1.29 is 4.79 Å². The van der Waals surface area contributed by atoms with Gasteiger partial charge in [-0.2, -0.15) is 5.10 Å². The van der Waals surface area contributed by atoms with Crippen LogP contribution in [0.25, 0.3) is 10.8 Å². The van der Waals surface area contributed by atoms with Crippen molar-refractivity contribution in [1.82, 2.24) is 30.0 Å². The first-order chi connectivity index (χ1) is 11.8. The first-order valence-electron chi connectivity index (χ1n) is 7.59. The lowest BCUT2D eigenvalue weighted by Crippen LogP contribution is -2.36. The zero-order valence-corrected chi connectivity index (χ0v) is 13.5. The fourth-order valence-electron chi connectivity index (χ4n) is 2.56. The standard InChI is InChI=1S/C15H15N7OS/c23-13-2-1-11(8-18-13)22-9-10(7-19-22)20-12-3-4-16-14(21-12)15-17-5-6-24-15/h3-7,9,11H,1-2,8H2,(H,18,23)(H,16,20,21). The van der Waals surface area contributed by atoms with Gasteiger partial charge in [0.2, 0.25) is 5.91 Å². The van der Waals surface area contributed by atoms with Gasteiger partial charge in [-0.05, 0) is 12.5 Å². The molecule has 1 atom stereocenters. The summed E-state index contributed by atoms with van der Waals surface area (Å²) in [6.45, 7) is 0.613. The van der Waals surface area contributed by atoms with Crippen molar-refractivity contribution in [3.05, 3.63) is 36.2 Å². The first kappa shape index (κ1) is 14.8. The molecule has 1 amide bonds. The van der Waals surface area contributed by atoms with E-state index in [0.717, 1.165) is 17.1 Å². The number of carbonyl (C=O) groups excluding carboxylic acids is 1. The first-order valence-corrected chi connectivity index (χ1v) is 8.47. The van der Waals surface area contributed by atoms with Crippen LogP contribution in [0.15, 0.2) is 36.2 Å². The van der Waals surface area contributed by atoms with Gasteiger partial charge in [0, 0.05) is 36.9 Å². The average molecular weight is 341 g/mol. The molecular formula is C15H15N7OS. The predicted molar refractivity (Wildman–Crippen MR) is 89.9 cm³/mol. The fraction of sp³-hybridized carbons (Fsp3) is 0.267. The van der Waals surface area contributed by atoms with Crippen molar-refractivity contribution in [3.63, 3.8) is 0 Å². The molecule has 1 fully saturated rings. The second kappa shape index (κ2) is 6.36. The highest BCUT2D eigenvalue weighted by atomic mass is 32.1. The van der Waals surface area contributed by atoms with E-state index in [-0.39, 0.29) is 11.9 Å². The molecule has 3 aromatic heterocycles. The Bertz CT molecular complexity index is 835. The summed E-state index contributed by atoms with van der Waals surface area (Å²) in [6.07, 6.45) is 8.45. The highest BCUT2D eigenvalue weighted by Crippen LogP contribution is 2.22. The van der Waals surface area contributed by atoms with Crippen LogP contribution in [0.3, 0.4) is 0 Å². The molecule has 1 aliphatic heterocycles. The van der Waals surface area contributed by atoms with Gasteiger partial charge in [-0.25, -0.2) is 15.0 Å². The normalized spacial score (nSPS) is 17.5. The molecular weight excluding hydrogens is 326 g/mol. The summed E-state index contributed by atoms with van der Waals surface area (Å²) in [6, 6.07) is 1.99. The summed E-state index contributed by atoms with van der Waals surface area (Å²) in [5.74, 6) is 1.39. The Morgan fingerprint density at radius 2 is 2.29 bits per heavy atom. The predicted octanol–water partition coefficient (Wildman–Crippen LogP) is 1.99. The summed E-state index contributed by atoms with van der Waals surface area (Å²) < 4.78 is 1.88. The van der Waals surface area contributed by atoms with Gasteiger partial charge >= 0.3 is 0 Å². The lowest BCUT2D eigenvalue weighted by Gasteiger charge is -2.22. The van der Waals surface area contributed by atoms with Crippen molar-refractivity contribution in [2.75, 3.05) is 11.9 Å². The number of carbonyl (C=O) groups is 1. The second-order valence-electron chi connectivity index (χ2n) is 5.43. The van der Waals surface area contributed by atoms with Crippen LogP contribution < -0.4 is 10.6 Å². The second-order valence-corrected chi connectivity index (χ2v) is 6.33. The van der Waals surface area contributed by atoms with Crippen LogP contribution in [0.2, 0.25) is 0 Å². The Morgan fingerprint density at radius 1 is 1.33 bits per heavy atom. The smallest absolute Gasteiger partial charge is 0.220 e. The Labute approximate surface area is 142 Å². The maximum Gasteiger partial charge on any atom is 0.220 e. The van der Waals surface area contributed by atoms with Gasteiger partial charge in [0.25, 0.3) is 0 Å². The maximum atomic E-state index is 11.2. The van der Waals surface area contributed by atoms with Crippen molar-refractivity contribution in [2.24, 2.45) is 0 Å². The third-order valence-corrected chi connectivity index (χ3v) is 4.54. The van der Waals surface area contributed by atoms with E-state index in [4.69, 9.17) is 0 Å².